The third-order valence-electron chi connectivity index (χ3n) is 4.79. The summed E-state index contributed by atoms with van der Waals surface area (Å²) >= 11 is 0. The van der Waals surface area contributed by atoms with Gasteiger partial charge in [0.25, 0.3) is 0 Å². The van der Waals surface area contributed by atoms with Crippen LogP contribution in [0.4, 0.5) is 23.8 Å². The van der Waals surface area contributed by atoms with Gasteiger partial charge in [0.05, 0.1) is 5.56 Å². The number of esters is 1. The van der Waals surface area contributed by atoms with Crippen molar-refractivity contribution in [2.24, 2.45) is 5.41 Å². The molecule has 1 aliphatic carbocycles. The van der Waals surface area contributed by atoms with Crippen molar-refractivity contribution in [2.45, 2.75) is 38.6 Å². The molecule has 9 heteroatoms. The Morgan fingerprint density at radius 3 is 2.60 bits per heavy atom. The van der Waals surface area contributed by atoms with Gasteiger partial charge in [-0.3, -0.25) is 4.79 Å². The van der Waals surface area contributed by atoms with Crippen molar-refractivity contribution in [1.82, 2.24) is 9.88 Å². The molecule has 2 heterocycles. The normalized spacial score (nSPS) is 22.8. The number of ether oxygens (including phenoxy) is 1. The molecule has 1 saturated carbocycles. The number of halogens is 3. The lowest BCUT2D eigenvalue weighted by molar-refractivity contribution is -0.161. The smallest absolute Gasteiger partial charge is 0.416 e. The molecule has 0 bridgehead atoms. The maximum absolute atomic E-state index is 13.0. The first-order valence-corrected chi connectivity index (χ1v) is 7.89. The largest absolute Gasteiger partial charge is 0.440 e. The van der Waals surface area contributed by atoms with Crippen molar-refractivity contribution in [3.05, 3.63) is 23.9 Å². The number of rotatable bonds is 2. The summed E-state index contributed by atoms with van der Waals surface area (Å²) in [5.41, 5.74) is -1.40. The lowest BCUT2D eigenvalue weighted by Gasteiger charge is -2.55. The van der Waals surface area contributed by atoms with E-state index in [4.69, 9.17) is 4.74 Å². The number of carbonyl (C=O) groups excluding carboxylic acids is 2. The highest BCUT2D eigenvalue weighted by atomic mass is 19.4. The molecule has 1 atom stereocenters. The zero-order valence-corrected chi connectivity index (χ0v) is 13.8. The highest BCUT2D eigenvalue weighted by molar-refractivity contribution is 5.93. The fraction of sp³-hybridized carbons (Fsp3) is 0.562. The Morgan fingerprint density at radius 2 is 2.08 bits per heavy atom. The molecule has 2 aliphatic rings. The van der Waals surface area contributed by atoms with Crippen LogP contribution in [0.2, 0.25) is 0 Å². The summed E-state index contributed by atoms with van der Waals surface area (Å²) in [6.45, 7) is 1.60. The van der Waals surface area contributed by atoms with E-state index in [0.29, 0.717) is 6.54 Å². The van der Waals surface area contributed by atoms with Gasteiger partial charge in [-0.2, -0.15) is 13.2 Å². The number of urea groups is 1. The number of carbonyl (C=O) groups is 2. The second-order valence-electron chi connectivity index (χ2n) is 6.59. The van der Waals surface area contributed by atoms with Crippen LogP contribution >= 0.6 is 0 Å². The minimum Gasteiger partial charge on any atom is -0.440 e. The summed E-state index contributed by atoms with van der Waals surface area (Å²) in [6, 6.07) is 1.09. The highest BCUT2D eigenvalue weighted by Crippen LogP contribution is 2.50. The third kappa shape index (κ3) is 3.03. The van der Waals surface area contributed by atoms with Crippen LogP contribution in [0.25, 0.3) is 0 Å². The monoisotopic (exact) mass is 357 g/mol. The first-order chi connectivity index (χ1) is 11.6. The first kappa shape index (κ1) is 17.5. The number of aromatic nitrogens is 1. The van der Waals surface area contributed by atoms with E-state index in [-0.39, 0.29) is 5.82 Å². The fourth-order valence-corrected chi connectivity index (χ4v) is 3.49. The van der Waals surface area contributed by atoms with Gasteiger partial charge in [0, 0.05) is 32.1 Å². The molecule has 3 rings (SSSR count). The molecular weight excluding hydrogens is 339 g/mol. The Bertz CT molecular complexity index is 703. The average Bonchev–Trinajstić information content (AvgIpc) is 2.48. The van der Waals surface area contributed by atoms with Crippen LogP contribution in [0.15, 0.2) is 18.3 Å². The van der Waals surface area contributed by atoms with Gasteiger partial charge in [-0.05, 0) is 25.0 Å². The fourth-order valence-electron chi connectivity index (χ4n) is 3.49. The number of hydrogen-bond acceptors (Lipinski definition) is 4. The quantitative estimate of drug-likeness (QED) is 0.764. The second kappa shape index (κ2) is 5.89. The molecule has 1 aromatic rings. The number of amides is 2. The van der Waals surface area contributed by atoms with Gasteiger partial charge in [-0.1, -0.05) is 6.42 Å². The lowest BCUT2D eigenvalue weighted by Crippen LogP contribution is -2.67. The Hall–Kier alpha value is -2.32. The van der Waals surface area contributed by atoms with Crippen molar-refractivity contribution in [1.29, 1.82) is 0 Å². The van der Waals surface area contributed by atoms with Gasteiger partial charge in [-0.15, -0.1) is 0 Å². The molecule has 0 N–H and O–H groups in total. The number of pyridine rings is 1. The number of alkyl halides is 3. The Kier molecular flexibility index (Phi) is 4.12. The van der Waals surface area contributed by atoms with Crippen LogP contribution < -0.4 is 4.90 Å². The van der Waals surface area contributed by atoms with E-state index in [0.717, 1.165) is 42.5 Å². The Morgan fingerprint density at radius 1 is 1.40 bits per heavy atom. The van der Waals surface area contributed by atoms with E-state index in [1.54, 1.807) is 7.05 Å². The molecule has 1 aliphatic heterocycles. The Labute approximate surface area is 142 Å². The van der Waals surface area contributed by atoms with Crippen LogP contribution in [0.5, 0.6) is 0 Å². The molecule has 25 heavy (non-hydrogen) atoms. The third-order valence-corrected chi connectivity index (χ3v) is 4.79. The van der Waals surface area contributed by atoms with Gasteiger partial charge in [0.2, 0.25) is 0 Å². The first-order valence-electron chi connectivity index (χ1n) is 7.89. The molecule has 136 valence electrons. The summed E-state index contributed by atoms with van der Waals surface area (Å²) in [5, 5.41) is 0. The van der Waals surface area contributed by atoms with Crippen molar-refractivity contribution < 1.29 is 27.5 Å². The molecule has 6 nitrogen and oxygen atoms in total. The molecule has 0 aromatic carbocycles. The minimum absolute atomic E-state index is 0.177. The topological polar surface area (TPSA) is 62.7 Å². The van der Waals surface area contributed by atoms with Crippen LogP contribution in [-0.2, 0) is 15.7 Å². The molecule has 1 saturated heterocycles. The van der Waals surface area contributed by atoms with E-state index in [9.17, 15) is 22.8 Å². The van der Waals surface area contributed by atoms with Gasteiger partial charge in [0.15, 0.2) is 6.23 Å². The summed E-state index contributed by atoms with van der Waals surface area (Å²) < 4.78 is 44.4. The van der Waals surface area contributed by atoms with Gasteiger partial charge < -0.3 is 9.64 Å². The van der Waals surface area contributed by atoms with E-state index in [1.165, 1.54) is 11.8 Å². The van der Waals surface area contributed by atoms with Crippen LogP contribution in [0.1, 0.15) is 31.7 Å². The second-order valence-corrected chi connectivity index (χ2v) is 6.59. The average molecular weight is 357 g/mol. The van der Waals surface area contributed by atoms with Gasteiger partial charge >= 0.3 is 18.2 Å². The van der Waals surface area contributed by atoms with E-state index in [2.05, 4.69) is 4.98 Å². The van der Waals surface area contributed by atoms with E-state index < -0.39 is 35.4 Å². The summed E-state index contributed by atoms with van der Waals surface area (Å²) in [7, 11) is 1.58. The highest BCUT2D eigenvalue weighted by Gasteiger charge is 2.56. The van der Waals surface area contributed by atoms with Crippen molar-refractivity contribution in [3.63, 3.8) is 0 Å². The van der Waals surface area contributed by atoms with Crippen LogP contribution in [0, 0.1) is 5.41 Å². The number of nitrogens with zero attached hydrogens (tertiary/aromatic N) is 3. The summed E-state index contributed by atoms with van der Waals surface area (Å²) in [6.07, 6.45) is -2.18. The number of anilines is 1. The Balaban J connectivity index is 2.06. The zero-order chi connectivity index (χ0) is 18.4. The summed E-state index contributed by atoms with van der Waals surface area (Å²) in [4.78, 5) is 30.6. The van der Waals surface area contributed by atoms with Crippen molar-refractivity contribution in [2.75, 3.05) is 18.5 Å². The van der Waals surface area contributed by atoms with Gasteiger partial charge in [-0.25, -0.2) is 14.7 Å². The van der Waals surface area contributed by atoms with E-state index in [1.807, 2.05) is 0 Å². The predicted octanol–water partition coefficient (Wildman–Crippen LogP) is 3.03. The van der Waals surface area contributed by atoms with Crippen molar-refractivity contribution >= 4 is 17.8 Å². The van der Waals surface area contributed by atoms with Crippen LogP contribution in [-0.4, -0.2) is 41.7 Å². The summed E-state index contributed by atoms with van der Waals surface area (Å²) in [5.74, 6) is -0.769. The van der Waals surface area contributed by atoms with Gasteiger partial charge in [0.1, 0.15) is 5.82 Å². The lowest BCUT2D eigenvalue weighted by atomic mass is 9.65. The molecule has 1 unspecified atom stereocenters. The predicted molar refractivity (Wildman–Crippen MR) is 81.6 cm³/mol. The molecule has 1 spiro atoms. The molecular formula is C16H18F3N3O3. The maximum atomic E-state index is 13.0. The molecule has 2 amide bonds. The maximum Gasteiger partial charge on any atom is 0.416 e. The molecule has 1 aromatic heterocycles. The molecule has 0 radical (unpaired) electrons. The minimum atomic E-state index is -4.56. The SMILES string of the molecule is CC(=O)OC1N(c2cc(C(F)(F)F)ccn2)C(=O)N(C)CC12CCC2. The standard InChI is InChI=1S/C16H18F3N3O3/c1-10(23)25-13-15(5-3-6-15)9-21(2)14(24)22(13)12-8-11(4-7-20-12)16(17,18)19/h4,7-8,13H,3,5-6,9H2,1-2H3. The van der Waals surface area contributed by atoms with Crippen LogP contribution in [0.3, 0.4) is 0 Å². The molecule has 2 fully saturated rings. The van der Waals surface area contributed by atoms with E-state index >= 15 is 0 Å². The number of hydrogen-bond donors (Lipinski definition) is 0. The zero-order valence-electron chi connectivity index (χ0n) is 13.8. The van der Waals surface area contributed by atoms with Crippen molar-refractivity contribution in [3.8, 4) is 0 Å².